The SMILES string of the molecule is CSCC(=O)NCCCN1CCC(C)CC1. The lowest BCUT2D eigenvalue weighted by Crippen LogP contribution is -2.35. The van der Waals surface area contributed by atoms with Crippen molar-refractivity contribution in [2.24, 2.45) is 5.92 Å². The van der Waals surface area contributed by atoms with E-state index >= 15 is 0 Å². The first-order valence-electron chi connectivity index (χ1n) is 6.20. The van der Waals surface area contributed by atoms with Crippen molar-refractivity contribution >= 4 is 17.7 Å². The molecule has 16 heavy (non-hydrogen) atoms. The first-order chi connectivity index (χ1) is 7.72. The summed E-state index contributed by atoms with van der Waals surface area (Å²) in [7, 11) is 0. The molecule has 0 bridgehead atoms. The first-order valence-corrected chi connectivity index (χ1v) is 7.59. The van der Waals surface area contributed by atoms with Gasteiger partial charge in [0.25, 0.3) is 0 Å². The van der Waals surface area contributed by atoms with E-state index in [4.69, 9.17) is 0 Å². The van der Waals surface area contributed by atoms with Crippen LogP contribution in [-0.2, 0) is 4.79 Å². The second-order valence-corrected chi connectivity index (χ2v) is 5.53. The Morgan fingerprint density at radius 1 is 1.44 bits per heavy atom. The number of hydrogen-bond acceptors (Lipinski definition) is 3. The van der Waals surface area contributed by atoms with E-state index in [2.05, 4.69) is 17.1 Å². The van der Waals surface area contributed by atoms with Gasteiger partial charge >= 0.3 is 0 Å². The summed E-state index contributed by atoms with van der Waals surface area (Å²) < 4.78 is 0. The molecule has 0 radical (unpaired) electrons. The average Bonchev–Trinajstić information content (AvgIpc) is 2.27. The summed E-state index contributed by atoms with van der Waals surface area (Å²) in [5, 5.41) is 2.95. The zero-order valence-corrected chi connectivity index (χ0v) is 11.3. The molecular formula is C12H24N2OS. The number of nitrogens with one attached hydrogen (secondary N) is 1. The maximum atomic E-state index is 11.2. The van der Waals surface area contributed by atoms with Gasteiger partial charge < -0.3 is 10.2 Å². The van der Waals surface area contributed by atoms with Gasteiger partial charge in [0, 0.05) is 6.54 Å². The normalized spacial score (nSPS) is 18.6. The molecule has 1 heterocycles. The molecule has 0 aliphatic carbocycles. The lowest BCUT2D eigenvalue weighted by molar-refractivity contribution is -0.118. The van der Waals surface area contributed by atoms with Crippen molar-refractivity contribution in [2.75, 3.05) is 38.2 Å². The van der Waals surface area contributed by atoms with Crippen molar-refractivity contribution in [2.45, 2.75) is 26.2 Å². The molecule has 3 nitrogen and oxygen atoms in total. The number of likely N-dealkylation sites (tertiary alicyclic amines) is 1. The molecule has 4 heteroatoms. The second-order valence-electron chi connectivity index (χ2n) is 4.66. The van der Waals surface area contributed by atoms with E-state index in [0.29, 0.717) is 5.75 Å². The fourth-order valence-corrected chi connectivity index (χ4v) is 2.36. The van der Waals surface area contributed by atoms with E-state index in [0.717, 1.165) is 25.4 Å². The van der Waals surface area contributed by atoms with E-state index in [1.807, 2.05) is 6.26 Å². The monoisotopic (exact) mass is 244 g/mol. The Kier molecular flexibility index (Phi) is 6.88. The van der Waals surface area contributed by atoms with Gasteiger partial charge in [-0.15, -0.1) is 0 Å². The quantitative estimate of drug-likeness (QED) is 0.720. The minimum absolute atomic E-state index is 0.166. The van der Waals surface area contributed by atoms with Crippen LogP contribution in [0.5, 0.6) is 0 Å². The Morgan fingerprint density at radius 3 is 2.75 bits per heavy atom. The summed E-state index contributed by atoms with van der Waals surface area (Å²) in [5.74, 6) is 1.65. The topological polar surface area (TPSA) is 32.3 Å². The lowest BCUT2D eigenvalue weighted by atomic mass is 9.99. The average molecular weight is 244 g/mol. The predicted molar refractivity (Wildman–Crippen MR) is 70.8 cm³/mol. The number of amides is 1. The van der Waals surface area contributed by atoms with Crippen LogP contribution >= 0.6 is 11.8 Å². The van der Waals surface area contributed by atoms with Crippen molar-refractivity contribution in [3.63, 3.8) is 0 Å². The summed E-state index contributed by atoms with van der Waals surface area (Å²) in [6.07, 6.45) is 5.70. The van der Waals surface area contributed by atoms with Gasteiger partial charge in [-0.1, -0.05) is 6.92 Å². The third-order valence-electron chi connectivity index (χ3n) is 3.12. The molecule has 1 rings (SSSR count). The number of carbonyl (C=O) groups is 1. The third-order valence-corrected chi connectivity index (χ3v) is 3.68. The van der Waals surface area contributed by atoms with Gasteiger partial charge in [0.1, 0.15) is 0 Å². The van der Waals surface area contributed by atoms with Crippen LogP contribution in [0.2, 0.25) is 0 Å². The Labute approximate surface area is 103 Å². The Balaban J connectivity index is 1.97. The molecule has 1 amide bonds. The molecule has 1 N–H and O–H groups in total. The van der Waals surface area contributed by atoms with Gasteiger partial charge in [0.2, 0.25) is 5.91 Å². The van der Waals surface area contributed by atoms with Crippen LogP contribution in [0, 0.1) is 5.92 Å². The minimum atomic E-state index is 0.166. The Morgan fingerprint density at radius 2 is 2.12 bits per heavy atom. The molecule has 1 fully saturated rings. The van der Waals surface area contributed by atoms with Gasteiger partial charge in [-0.2, -0.15) is 11.8 Å². The van der Waals surface area contributed by atoms with Gasteiger partial charge in [0.05, 0.1) is 5.75 Å². The fourth-order valence-electron chi connectivity index (χ4n) is 2.00. The molecule has 1 aliphatic rings. The molecule has 1 aliphatic heterocycles. The highest BCUT2D eigenvalue weighted by Gasteiger charge is 2.14. The van der Waals surface area contributed by atoms with E-state index in [9.17, 15) is 4.79 Å². The van der Waals surface area contributed by atoms with Crippen LogP contribution in [0.1, 0.15) is 26.2 Å². The third kappa shape index (κ3) is 5.75. The number of carbonyl (C=O) groups excluding carboxylic acids is 1. The smallest absolute Gasteiger partial charge is 0.229 e. The van der Waals surface area contributed by atoms with Crippen molar-refractivity contribution in [1.29, 1.82) is 0 Å². The van der Waals surface area contributed by atoms with Crippen LogP contribution in [0.3, 0.4) is 0 Å². The van der Waals surface area contributed by atoms with Gasteiger partial charge in [-0.3, -0.25) is 4.79 Å². The molecule has 0 aromatic heterocycles. The predicted octanol–water partition coefficient (Wildman–Crippen LogP) is 1.59. The lowest BCUT2D eigenvalue weighted by Gasteiger charge is -2.30. The standard InChI is InChI=1S/C12H24N2OS/c1-11-4-8-14(9-5-11)7-3-6-13-12(15)10-16-2/h11H,3-10H2,1-2H3,(H,13,15). The summed E-state index contributed by atoms with van der Waals surface area (Å²) in [4.78, 5) is 13.7. The Hall–Kier alpha value is -0.220. The molecule has 0 aromatic carbocycles. The molecule has 0 atom stereocenters. The summed E-state index contributed by atoms with van der Waals surface area (Å²) in [5.41, 5.74) is 0. The molecule has 0 unspecified atom stereocenters. The van der Waals surface area contributed by atoms with Crippen molar-refractivity contribution in [1.82, 2.24) is 10.2 Å². The van der Waals surface area contributed by atoms with Crippen LogP contribution < -0.4 is 5.32 Å². The summed E-state index contributed by atoms with van der Waals surface area (Å²) >= 11 is 1.57. The van der Waals surface area contributed by atoms with E-state index in [1.165, 1.54) is 25.9 Å². The van der Waals surface area contributed by atoms with Crippen molar-refractivity contribution in [3.8, 4) is 0 Å². The Bertz CT molecular complexity index is 203. The zero-order valence-electron chi connectivity index (χ0n) is 10.5. The van der Waals surface area contributed by atoms with Crippen molar-refractivity contribution in [3.05, 3.63) is 0 Å². The van der Waals surface area contributed by atoms with Crippen LogP contribution in [0.15, 0.2) is 0 Å². The van der Waals surface area contributed by atoms with Crippen LogP contribution in [0.4, 0.5) is 0 Å². The van der Waals surface area contributed by atoms with E-state index in [-0.39, 0.29) is 5.91 Å². The highest BCUT2D eigenvalue weighted by Crippen LogP contribution is 2.15. The minimum Gasteiger partial charge on any atom is -0.355 e. The summed E-state index contributed by atoms with van der Waals surface area (Å²) in [6.45, 7) is 6.76. The highest BCUT2D eigenvalue weighted by molar-refractivity contribution is 7.99. The second kappa shape index (κ2) is 7.96. The van der Waals surface area contributed by atoms with E-state index in [1.54, 1.807) is 11.8 Å². The maximum Gasteiger partial charge on any atom is 0.229 e. The van der Waals surface area contributed by atoms with Crippen molar-refractivity contribution < 1.29 is 4.79 Å². The molecule has 0 spiro atoms. The molecule has 0 aromatic rings. The van der Waals surface area contributed by atoms with Crippen LogP contribution in [0.25, 0.3) is 0 Å². The van der Waals surface area contributed by atoms with Crippen LogP contribution in [-0.4, -0.2) is 49.0 Å². The molecule has 1 saturated heterocycles. The number of hydrogen-bond donors (Lipinski definition) is 1. The van der Waals surface area contributed by atoms with Gasteiger partial charge in [-0.25, -0.2) is 0 Å². The molecule has 0 saturated carbocycles. The molecular weight excluding hydrogens is 220 g/mol. The van der Waals surface area contributed by atoms with Gasteiger partial charge in [-0.05, 0) is 51.1 Å². The van der Waals surface area contributed by atoms with E-state index < -0.39 is 0 Å². The largest absolute Gasteiger partial charge is 0.355 e. The van der Waals surface area contributed by atoms with Gasteiger partial charge in [0.15, 0.2) is 0 Å². The fraction of sp³-hybridized carbons (Fsp3) is 0.917. The number of thioether (sulfide) groups is 1. The first kappa shape index (κ1) is 13.8. The zero-order chi connectivity index (χ0) is 11.8. The number of piperidine rings is 1. The summed E-state index contributed by atoms with van der Waals surface area (Å²) in [6, 6.07) is 0. The highest BCUT2D eigenvalue weighted by atomic mass is 32.2. The molecule has 94 valence electrons. The number of nitrogens with zero attached hydrogens (tertiary/aromatic N) is 1. The maximum absolute atomic E-state index is 11.2. The number of rotatable bonds is 6.